The summed E-state index contributed by atoms with van der Waals surface area (Å²) in [5.41, 5.74) is 7.45. The molecule has 1 rings (SSSR count). The topological polar surface area (TPSA) is 38.0 Å². The molecule has 1 aromatic carbocycles. The molecule has 0 spiro atoms. The third-order valence-electron chi connectivity index (χ3n) is 1.75. The van der Waals surface area contributed by atoms with Crippen molar-refractivity contribution in [2.75, 3.05) is 11.1 Å². The van der Waals surface area contributed by atoms with Crippen LogP contribution < -0.4 is 11.1 Å². The first-order valence-electron chi connectivity index (χ1n) is 4.07. The largest absolute Gasteiger partial charge is 0.397 e. The van der Waals surface area contributed by atoms with Gasteiger partial charge in [0, 0.05) is 10.5 Å². The van der Waals surface area contributed by atoms with Gasteiger partial charge < -0.3 is 11.1 Å². The number of benzene rings is 1. The van der Waals surface area contributed by atoms with E-state index in [4.69, 9.17) is 5.73 Å². The molecule has 2 nitrogen and oxygen atoms in total. The van der Waals surface area contributed by atoms with Crippen LogP contribution in [0.1, 0.15) is 6.92 Å². The van der Waals surface area contributed by atoms with Crippen molar-refractivity contribution < 1.29 is 0 Å². The van der Waals surface area contributed by atoms with Crippen molar-refractivity contribution >= 4 is 27.3 Å². The average Bonchev–Trinajstić information content (AvgIpc) is 2.11. The first-order chi connectivity index (χ1) is 6.13. The van der Waals surface area contributed by atoms with Gasteiger partial charge in [0.05, 0.1) is 11.4 Å². The van der Waals surface area contributed by atoms with E-state index in [-0.39, 0.29) is 6.04 Å². The van der Waals surface area contributed by atoms with Crippen LogP contribution in [-0.4, -0.2) is 6.04 Å². The van der Waals surface area contributed by atoms with E-state index >= 15 is 0 Å². The van der Waals surface area contributed by atoms with Gasteiger partial charge in [-0.05, 0) is 25.1 Å². The van der Waals surface area contributed by atoms with Crippen molar-refractivity contribution in [2.45, 2.75) is 13.0 Å². The summed E-state index contributed by atoms with van der Waals surface area (Å²) in [5.74, 6) is 0. The van der Waals surface area contributed by atoms with Crippen LogP contribution >= 0.6 is 15.9 Å². The molecule has 0 aliphatic rings. The van der Waals surface area contributed by atoms with Gasteiger partial charge in [-0.25, -0.2) is 0 Å². The van der Waals surface area contributed by atoms with Crippen LogP contribution in [0.5, 0.6) is 0 Å². The molecule has 0 saturated heterocycles. The molecule has 13 heavy (non-hydrogen) atoms. The van der Waals surface area contributed by atoms with Gasteiger partial charge in [-0.3, -0.25) is 0 Å². The van der Waals surface area contributed by atoms with Crippen molar-refractivity contribution in [1.29, 1.82) is 0 Å². The Morgan fingerprint density at radius 1 is 1.62 bits per heavy atom. The Kier molecular flexibility index (Phi) is 3.37. The lowest BCUT2D eigenvalue weighted by molar-refractivity contribution is 1.00. The monoisotopic (exact) mass is 240 g/mol. The number of rotatable bonds is 3. The van der Waals surface area contributed by atoms with Crippen LogP contribution in [0.15, 0.2) is 35.3 Å². The minimum absolute atomic E-state index is 0.219. The summed E-state index contributed by atoms with van der Waals surface area (Å²) in [4.78, 5) is 0. The molecule has 0 bridgehead atoms. The van der Waals surface area contributed by atoms with E-state index in [1.807, 2.05) is 31.2 Å². The fourth-order valence-electron chi connectivity index (χ4n) is 0.958. The van der Waals surface area contributed by atoms with E-state index in [0.29, 0.717) is 0 Å². The highest BCUT2D eigenvalue weighted by molar-refractivity contribution is 9.10. The third-order valence-corrected chi connectivity index (χ3v) is 2.25. The lowest BCUT2D eigenvalue weighted by atomic mass is 10.2. The summed E-state index contributed by atoms with van der Waals surface area (Å²) in [6, 6.07) is 5.95. The second-order valence-electron chi connectivity index (χ2n) is 2.90. The predicted octanol–water partition coefficient (Wildman–Crippen LogP) is 3.02. The van der Waals surface area contributed by atoms with Gasteiger partial charge in [-0.2, -0.15) is 0 Å². The second-order valence-corrected chi connectivity index (χ2v) is 3.82. The number of anilines is 2. The van der Waals surface area contributed by atoms with Gasteiger partial charge in [-0.15, -0.1) is 6.58 Å². The smallest absolute Gasteiger partial charge is 0.0589 e. The van der Waals surface area contributed by atoms with Crippen LogP contribution in [0.2, 0.25) is 0 Å². The fraction of sp³-hybridized carbons (Fsp3) is 0.200. The molecule has 1 unspecified atom stereocenters. The van der Waals surface area contributed by atoms with Crippen molar-refractivity contribution in [3.8, 4) is 0 Å². The molecule has 0 heterocycles. The number of hydrogen-bond donors (Lipinski definition) is 2. The molecule has 0 saturated carbocycles. The van der Waals surface area contributed by atoms with Crippen LogP contribution in [0, 0.1) is 0 Å². The van der Waals surface area contributed by atoms with Crippen molar-refractivity contribution in [2.24, 2.45) is 0 Å². The van der Waals surface area contributed by atoms with Crippen molar-refractivity contribution in [3.63, 3.8) is 0 Å². The summed E-state index contributed by atoms with van der Waals surface area (Å²) >= 11 is 3.39. The van der Waals surface area contributed by atoms with E-state index < -0.39 is 0 Å². The normalized spacial score (nSPS) is 12.2. The molecule has 0 radical (unpaired) electrons. The maximum absolute atomic E-state index is 5.77. The number of nitrogen functional groups attached to an aromatic ring is 1. The summed E-state index contributed by atoms with van der Waals surface area (Å²) in [6.07, 6.45) is 1.83. The molecule has 3 N–H and O–H groups in total. The Balaban J connectivity index is 2.86. The van der Waals surface area contributed by atoms with E-state index in [1.54, 1.807) is 0 Å². The molecule has 1 aromatic rings. The molecular weight excluding hydrogens is 228 g/mol. The summed E-state index contributed by atoms with van der Waals surface area (Å²) in [5, 5.41) is 3.23. The summed E-state index contributed by atoms with van der Waals surface area (Å²) in [6.45, 7) is 5.72. The van der Waals surface area contributed by atoms with E-state index in [2.05, 4.69) is 27.8 Å². The maximum Gasteiger partial charge on any atom is 0.0589 e. The van der Waals surface area contributed by atoms with Gasteiger partial charge in [0.15, 0.2) is 0 Å². The lowest BCUT2D eigenvalue weighted by Crippen LogP contribution is -2.12. The van der Waals surface area contributed by atoms with Gasteiger partial charge >= 0.3 is 0 Å². The number of hydrogen-bond acceptors (Lipinski definition) is 2. The molecule has 0 aromatic heterocycles. The predicted molar refractivity (Wildman–Crippen MR) is 61.8 cm³/mol. The van der Waals surface area contributed by atoms with Crippen molar-refractivity contribution in [3.05, 3.63) is 35.3 Å². The van der Waals surface area contributed by atoms with Crippen LogP contribution in [0.3, 0.4) is 0 Å². The molecule has 0 fully saturated rings. The molecule has 0 aliphatic carbocycles. The fourth-order valence-corrected chi connectivity index (χ4v) is 1.32. The van der Waals surface area contributed by atoms with Crippen LogP contribution in [0.4, 0.5) is 11.4 Å². The molecule has 1 atom stereocenters. The van der Waals surface area contributed by atoms with E-state index in [0.717, 1.165) is 15.8 Å². The Morgan fingerprint density at radius 2 is 2.31 bits per heavy atom. The standard InChI is InChI=1S/C10H13BrN2/c1-3-7(2)13-10-6-8(11)4-5-9(10)12/h3-7,13H,1,12H2,2H3. The average molecular weight is 241 g/mol. The second kappa shape index (κ2) is 4.33. The minimum Gasteiger partial charge on any atom is -0.397 e. The first-order valence-corrected chi connectivity index (χ1v) is 4.87. The number of halogens is 1. The zero-order chi connectivity index (χ0) is 9.84. The summed E-state index contributed by atoms with van der Waals surface area (Å²) < 4.78 is 1.01. The van der Waals surface area contributed by atoms with Gasteiger partial charge in [0.1, 0.15) is 0 Å². The first kappa shape index (κ1) is 10.1. The quantitative estimate of drug-likeness (QED) is 0.630. The molecule has 70 valence electrons. The Bertz CT molecular complexity index is 310. The Morgan fingerprint density at radius 3 is 2.92 bits per heavy atom. The molecule has 0 aliphatic heterocycles. The number of nitrogens with two attached hydrogens (primary N) is 1. The highest BCUT2D eigenvalue weighted by atomic mass is 79.9. The van der Waals surface area contributed by atoms with E-state index in [1.165, 1.54) is 0 Å². The van der Waals surface area contributed by atoms with Crippen molar-refractivity contribution in [1.82, 2.24) is 0 Å². The molecule has 0 amide bonds. The molecule has 3 heteroatoms. The third kappa shape index (κ3) is 2.77. The zero-order valence-corrected chi connectivity index (χ0v) is 9.14. The van der Waals surface area contributed by atoms with E-state index in [9.17, 15) is 0 Å². The highest BCUT2D eigenvalue weighted by Crippen LogP contribution is 2.23. The highest BCUT2D eigenvalue weighted by Gasteiger charge is 2.01. The SMILES string of the molecule is C=CC(C)Nc1cc(Br)ccc1N. The molecular formula is C10H13BrN2. The van der Waals surface area contributed by atoms with Gasteiger partial charge in [0.2, 0.25) is 0 Å². The lowest BCUT2D eigenvalue weighted by Gasteiger charge is -2.13. The zero-order valence-electron chi connectivity index (χ0n) is 7.55. The van der Waals surface area contributed by atoms with Crippen LogP contribution in [0.25, 0.3) is 0 Å². The Hall–Kier alpha value is -0.960. The minimum atomic E-state index is 0.219. The van der Waals surface area contributed by atoms with Gasteiger partial charge in [-0.1, -0.05) is 22.0 Å². The van der Waals surface area contributed by atoms with Crippen LogP contribution in [-0.2, 0) is 0 Å². The number of nitrogens with one attached hydrogen (secondary N) is 1. The maximum atomic E-state index is 5.77. The van der Waals surface area contributed by atoms with Gasteiger partial charge in [0.25, 0.3) is 0 Å². The Labute approximate surface area is 87.0 Å². The summed E-state index contributed by atoms with van der Waals surface area (Å²) in [7, 11) is 0.